The van der Waals surface area contributed by atoms with Crippen LogP contribution in [0, 0.1) is 16.4 Å². The number of aryl methyl sites for hydroxylation is 1. The van der Waals surface area contributed by atoms with Crippen molar-refractivity contribution in [3.05, 3.63) is 27.3 Å². The topological polar surface area (TPSA) is 58.6 Å². The third-order valence-corrected chi connectivity index (χ3v) is 4.03. The zero-order valence-electron chi connectivity index (χ0n) is 13.3. The molecule has 0 bridgehead atoms. The fraction of sp³-hybridized carbons (Fsp3) is 0.500. The smallest absolute Gasteiger partial charge is 0.410 e. The average molecular weight is 416 g/mol. The maximum absolute atomic E-state index is 12.2. The number of benzene rings is 1. The van der Waals surface area contributed by atoms with E-state index in [-0.39, 0.29) is 17.9 Å². The molecule has 2 amide bonds. The van der Waals surface area contributed by atoms with Crippen LogP contribution >= 0.6 is 22.6 Å². The molecule has 22 heavy (non-hydrogen) atoms. The van der Waals surface area contributed by atoms with Crippen LogP contribution in [0.2, 0.25) is 0 Å². The molecule has 6 heteroatoms. The summed E-state index contributed by atoms with van der Waals surface area (Å²) in [6.45, 7) is 8.25. The molecule has 1 fully saturated rings. The third-order valence-electron chi connectivity index (χ3n) is 3.36. The van der Waals surface area contributed by atoms with Gasteiger partial charge in [-0.3, -0.25) is 4.79 Å². The van der Waals surface area contributed by atoms with Crippen LogP contribution in [0.4, 0.5) is 10.5 Å². The Morgan fingerprint density at radius 2 is 1.95 bits per heavy atom. The summed E-state index contributed by atoms with van der Waals surface area (Å²) in [4.78, 5) is 25.6. The highest BCUT2D eigenvalue weighted by Gasteiger charge is 2.37. The van der Waals surface area contributed by atoms with Crippen molar-refractivity contribution in [3.63, 3.8) is 0 Å². The van der Waals surface area contributed by atoms with Crippen LogP contribution in [0.25, 0.3) is 0 Å². The first-order valence-electron chi connectivity index (χ1n) is 7.20. The lowest BCUT2D eigenvalue weighted by Crippen LogP contribution is -2.55. The van der Waals surface area contributed by atoms with Gasteiger partial charge in [0, 0.05) is 22.3 Å². The van der Waals surface area contributed by atoms with Gasteiger partial charge in [0.05, 0.1) is 5.92 Å². The number of halogens is 1. The fourth-order valence-electron chi connectivity index (χ4n) is 2.08. The van der Waals surface area contributed by atoms with Gasteiger partial charge in [-0.25, -0.2) is 4.79 Å². The normalized spacial score (nSPS) is 15.2. The van der Waals surface area contributed by atoms with Crippen LogP contribution in [0.5, 0.6) is 0 Å². The van der Waals surface area contributed by atoms with E-state index in [1.54, 1.807) is 4.90 Å². The summed E-state index contributed by atoms with van der Waals surface area (Å²) in [7, 11) is 0. The van der Waals surface area contributed by atoms with E-state index in [4.69, 9.17) is 4.74 Å². The largest absolute Gasteiger partial charge is 0.444 e. The molecule has 1 N–H and O–H groups in total. The van der Waals surface area contributed by atoms with Crippen LogP contribution < -0.4 is 5.32 Å². The van der Waals surface area contributed by atoms with Gasteiger partial charge >= 0.3 is 6.09 Å². The molecule has 0 atom stereocenters. The highest BCUT2D eigenvalue weighted by Crippen LogP contribution is 2.23. The SMILES string of the molecule is Cc1ccc(I)cc1NC(=O)C1CN(C(=O)OC(C)(C)C)C1. The molecule has 0 saturated carbocycles. The number of carbonyl (C=O) groups excluding carboxylic acids is 2. The Hall–Kier alpha value is -1.31. The van der Waals surface area contributed by atoms with Crippen LogP contribution in [0.1, 0.15) is 26.3 Å². The fourth-order valence-corrected chi connectivity index (χ4v) is 2.57. The standard InChI is InChI=1S/C16H21IN2O3/c1-10-5-6-12(17)7-13(10)18-14(20)11-8-19(9-11)15(21)22-16(2,3)4/h5-7,11H,8-9H2,1-4H3,(H,18,20). The Morgan fingerprint density at radius 1 is 1.32 bits per heavy atom. The van der Waals surface area contributed by atoms with E-state index in [9.17, 15) is 9.59 Å². The van der Waals surface area contributed by atoms with Crippen LogP contribution in [0.15, 0.2) is 18.2 Å². The summed E-state index contributed by atoms with van der Waals surface area (Å²) in [5.41, 5.74) is 1.34. The lowest BCUT2D eigenvalue weighted by molar-refractivity contribution is -0.124. The number of hydrogen-bond acceptors (Lipinski definition) is 3. The van der Waals surface area contributed by atoms with E-state index in [2.05, 4.69) is 27.9 Å². The van der Waals surface area contributed by atoms with Gasteiger partial charge in [-0.05, 0) is 68.0 Å². The predicted octanol–water partition coefficient (Wildman–Crippen LogP) is 3.41. The number of amides is 2. The van der Waals surface area contributed by atoms with Crippen molar-refractivity contribution in [2.24, 2.45) is 5.92 Å². The van der Waals surface area contributed by atoms with Crippen molar-refractivity contribution < 1.29 is 14.3 Å². The number of nitrogens with zero attached hydrogens (tertiary/aromatic N) is 1. The molecule has 0 spiro atoms. The van der Waals surface area contributed by atoms with Gasteiger partial charge in [0.1, 0.15) is 5.60 Å². The molecule has 0 aromatic heterocycles. The van der Waals surface area contributed by atoms with Crippen molar-refractivity contribution in [2.75, 3.05) is 18.4 Å². The van der Waals surface area contributed by atoms with Gasteiger partial charge in [0.15, 0.2) is 0 Å². The quantitative estimate of drug-likeness (QED) is 0.752. The first-order chi connectivity index (χ1) is 10.2. The van der Waals surface area contributed by atoms with Crippen molar-refractivity contribution >= 4 is 40.3 Å². The Balaban J connectivity index is 1.87. The number of anilines is 1. The highest BCUT2D eigenvalue weighted by atomic mass is 127. The first kappa shape index (κ1) is 17.1. The van der Waals surface area contributed by atoms with Gasteiger partial charge in [0.25, 0.3) is 0 Å². The molecule has 1 saturated heterocycles. The van der Waals surface area contributed by atoms with E-state index in [0.717, 1.165) is 14.8 Å². The molecular formula is C16H21IN2O3. The van der Waals surface area contributed by atoms with E-state index in [1.165, 1.54) is 0 Å². The minimum atomic E-state index is -0.512. The van der Waals surface area contributed by atoms with Crippen molar-refractivity contribution in [2.45, 2.75) is 33.3 Å². The molecule has 0 aliphatic carbocycles. The van der Waals surface area contributed by atoms with Gasteiger partial charge < -0.3 is 15.0 Å². The minimum Gasteiger partial charge on any atom is -0.444 e. The molecule has 1 aromatic carbocycles. The Bertz CT molecular complexity index is 590. The first-order valence-corrected chi connectivity index (χ1v) is 8.28. The number of rotatable bonds is 2. The predicted molar refractivity (Wildman–Crippen MR) is 93.8 cm³/mol. The molecular weight excluding hydrogens is 395 g/mol. The Labute approximate surface area is 144 Å². The molecule has 5 nitrogen and oxygen atoms in total. The van der Waals surface area contributed by atoms with E-state index >= 15 is 0 Å². The second-order valence-electron chi connectivity index (χ2n) is 6.53. The van der Waals surface area contributed by atoms with Gasteiger partial charge in [-0.1, -0.05) is 6.07 Å². The Kier molecular flexibility index (Phi) is 4.99. The van der Waals surface area contributed by atoms with Gasteiger partial charge in [-0.15, -0.1) is 0 Å². The molecule has 120 valence electrons. The summed E-state index contributed by atoms with van der Waals surface area (Å²) in [6, 6.07) is 5.92. The van der Waals surface area contributed by atoms with E-state index < -0.39 is 5.60 Å². The lowest BCUT2D eigenvalue weighted by Gasteiger charge is -2.38. The van der Waals surface area contributed by atoms with Crippen molar-refractivity contribution in [1.29, 1.82) is 0 Å². The summed E-state index contributed by atoms with van der Waals surface area (Å²) in [6.07, 6.45) is -0.359. The van der Waals surface area contributed by atoms with Gasteiger partial charge in [-0.2, -0.15) is 0 Å². The summed E-state index contributed by atoms with van der Waals surface area (Å²) < 4.78 is 6.35. The molecule has 1 aliphatic heterocycles. The zero-order valence-corrected chi connectivity index (χ0v) is 15.4. The molecule has 1 aromatic rings. The van der Waals surface area contributed by atoms with Crippen LogP contribution in [0.3, 0.4) is 0 Å². The molecule has 0 unspecified atom stereocenters. The number of nitrogens with one attached hydrogen (secondary N) is 1. The van der Waals surface area contributed by atoms with Crippen molar-refractivity contribution in [1.82, 2.24) is 4.90 Å². The number of hydrogen-bond donors (Lipinski definition) is 1. The Morgan fingerprint density at radius 3 is 2.55 bits per heavy atom. The van der Waals surface area contributed by atoms with E-state index in [1.807, 2.05) is 45.9 Å². The maximum atomic E-state index is 12.2. The van der Waals surface area contributed by atoms with Gasteiger partial charge in [0.2, 0.25) is 5.91 Å². The monoisotopic (exact) mass is 416 g/mol. The number of ether oxygens (including phenoxy) is 1. The third kappa shape index (κ3) is 4.34. The summed E-state index contributed by atoms with van der Waals surface area (Å²) >= 11 is 2.21. The van der Waals surface area contributed by atoms with Crippen molar-refractivity contribution in [3.8, 4) is 0 Å². The second-order valence-corrected chi connectivity index (χ2v) is 7.78. The highest BCUT2D eigenvalue weighted by molar-refractivity contribution is 14.1. The number of carbonyl (C=O) groups is 2. The molecule has 1 aliphatic rings. The van der Waals surface area contributed by atoms with Crippen LogP contribution in [-0.4, -0.2) is 35.6 Å². The zero-order chi connectivity index (χ0) is 16.5. The average Bonchev–Trinajstić information content (AvgIpc) is 2.29. The second kappa shape index (κ2) is 6.44. The molecule has 1 heterocycles. The molecule has 0 radical (unpaired) electrons. The number of likely N-dealkylation sites (tertiary alicyclic amines) is 1. The summed E-state index contributed by atoms with van der Waals surface area (Å²) in [5.74, 6) is -0.227. The lowest BCUT2D eigenvalue weighted by atomic mass is 9.99. The maximum Gasteiger partial charge on any atom is 0.410 e. The molecule has 2 rings (SSSR count). The minimum absolute atomic E-state index is 0.0510. The van der Waals surface area contributed by atoms with E-state index in [0.29, 0.717) is 13.1 Å². The summed E-state index contributed by atoms with van der Waals surface area (Å²) in [5, 5.41) is 2.94. The van der Waals surface area contributed by atoms with Crippen LogP contribution in [-0.2, 0) is 9.53 Å².